The summed E-state index contributed by atoms with van der Waals surface area (Å²) >= 11 is 0. The molecule has 0 aliphatic carbocycles. The van der Waals surface area contributed by atoms with Crippen molar-refractivity contribution in [1.82, 2.24) is 0 Å². The summed E-state index contributed by atoms with van der Waals surface area (Å²) < 4.78 is 10.9. The first-order chi connectivity index (χ1) is 6.61. The number of rotatable bonds is 3. The third-order valence-electron chi connectivity index (χ3n) is 2.97. The molecule has 82 valence electrons. The highest BCUT2D eigenvalue weighted by Gasteiger charge is 2.35. The highest BCUT2D eigenvalue weighted by Crippen LogP contribution is 2.27. The van der Waals surface area contributed by atoms with Crippen molar-refractivity contribution in [1.29, 1.82) is 0 Å². The van der Waals surface area contributed by atoms with Crippen LogP contribution in [0, 0.1) is 5.92 Å². The fourth-order valence-electron chi connectivity index (χ4n) is 1.93. The molecule has 4 unspecified atom stereocenters. The molecule has 1 N–H and O–H groups in total. The molecule has 0 saturated heterocycles. The van der Waals surface area contributed by atoms with Gasteiger partial charge in [0.15, 0.2) is 0 Å². The van der Waals surface area contributed by atoms with Crippen LogP contribution in [0.15, 0.2) is 11.8 Å². The number of aliphatic hydroxyl groups excluding tert-OH is 1. The van der Waals surface area contributed by atoms with Crippen LogP contribution in [-0.2, 0) is 9.47 Å². The minimum atomic E-state index is -0.405. The second-order valence-electron chi connectivity index (χ2n) is 3.95. The molecule has 3 nitrogen and oxygen atoms in total. The van der Waals surface area contributed by atoms with Crippen molar-refractivity contribution in [2.45, 2.75) is 45.5 Å². The van der Waals surface area contributed by atoms with Crippen LogP contribution in [0.1, 0.15) is 27.2 Å². The second-order valence-corrected chi connectivity index (χ2v) is 3.95. The Bertz CT molecular complexity index is 209. The van der Waals surface area contributed by atoms with Crippen LogP contribution in [0.5, 0.6) is 0 Å². The van der Waals surface area contributed by atoms with Crippen molar-refractivity contribution in [3.63, 3.8) is 0 Å². The van der Waals surface area contributed by atoms with Gasteiger partial charge >= 0.3 is 0 Å². The van der Waals surface area contributed by atoms with Gasteiger partial charge in [-0.25, -0.2) is 0 Å². The van der Waals surface area contributed by atoms with Crippen molar-refractivity contribution in [2.75, 3.05) is 7.11 Å². The highest BCUT2D eigenvalue weighted by molar-refractivity contribution is 5.08. The van der Waals surface area contributed by atoms with Crippen molar-refractivity contribution in [3.8, 4) is 0 Å². The summed E-state index contributed by atoms with van der Waals surface area (Å²) in [7, 11) is 1.68. The van der Waals surface area contributed by atoms with Crippen molar-refractivity contribution in [3.05, 3.63) is 11.8 Å². The average molecular weight is 200 g/mol. The topological polar surface area (TPSA) is 38.7 Å². The van der Waals surface area contributed by atoms with Crippen LogP contribution in [0.25, 0.3) is 0 Å². The largest absolute Gasteiger partial charge is 0.495 e. The first-order valence-electron chi connectivity index (χ1n) is 5.14. The second kappa shape index (κ2) is 4.80. The van der Waals surface area contributed by atoms with Crippen molar-refractivity contribution < 1.29 is 14.6 Å². The van der Waals surface area contributed by atoms with Crippen LogP contribution in [-0.4, -0.2) is 30.5 Å². The van der Waals surface area contributed by atoms with Gasteiger partial charge in [-0.2, -0.15) is 0 Å². The molecule has 0 radical (unpaired) electrons. The summed E-state index contributed by atoms with van der Waals surface area (Å²) in [5.74, 6) is 0.0879. The van der Waals surface area contributed by atoms with Crippen LogP contribution in [0.3, 0.4) is 0 Å². The highest BCUT2D eigenvalue weighted by atomic mass is 16.5. The smallest absolute Gasteiger partial charge is 0.129 e. The molecule has 0 aromatic heterocycles. The minimum Gasteiger partial charge on any atom is -0.495 e. The summed E-state index contributed by atoms with van der Waals surface area (Å²) in [6.45, 7) is 5.93. The Morgan fingerprint density at radius 3 is 2.79 bits per heavy atom. The third-order valence-corrected chi connectivity index (χ3v) is 2.97. The predicted molar refractivity (Wildman–Crippen MR) is 54.9 cm³/mol. The molecule has 0 amide bonds. The van der Waals surface area contributed by atoms with Gasteiger partial charge in [0.05, 0.1) is 18.5 Å². The molecule has 0 aromatic rings. The van der Waals surface area contributed by atoms with E-state index in [0.717, 1.165) is 12.0 Å². The van der Waals surface area contributed by atoms with Crippen molar-refractivity contribution in [2.24, 2.45) is 5.92 Å². The molecule has 1 aliphatic rings. The van der Waals surface area contributed by atoms with Gasteiger partial charge in [-0.1, -0.05) is 13.8 Å². The number of methoxy groups -OCH3 is 1. The Morgan fingerprint density at radius 1 is 1.64 bits per heavy atom. The SMILES string of the molecule is CCC(OC)C1OC=C(C)C(O)C1C. The molecule has 1 aliphatic heterocycles. The Labute approximate surface area is 85.7 Å². The summed E-state index contributed by atoms with van der Waals surface area (Å²) in [5.41, 5.74) is 0.889. The lowest BCUT2D eigenvalue weighted by Gasteiger charge is -2.36. The third kappa shape index (κ3) is 2.10. The number of ether oxygens (including phenoxy) is 2. The molecule has 14 heavy (non-hydrogen) atoms. The number of hydrogen-bond donors (Lipinski definition) is 1. The predicted octanol–water partition coefficient (Wildman–Crippen LogP) is 1.71. The quantitative estimate of drug-likeness (QED) is 0.753. The molecule has 4 atom stereocenters. The van der Waals surface area contributed by atoms with E-state index in [9.17, 15) is 5.11 Å². The van der Waals surface area contributed by atoms with E-state index in [2.05, 4.69) is 6.92 Å². The van der Waals surface area contributed by atoms with E-state index in [0.29, 0.717) is 0 Å². The van der Waals surface area contributed by atoms with Gasteiger partial charge in [-0.05, 0) is 18.9 Å². The number of hydrogen-bond acceptors (Lipinski definition) is 3. The van der Waals surface area contributed by atoms with E-state index in [1.165, 1.54) is 0 Å². The first-order valence-corrected chi connectivity index (χ1v) is 5.14. The Hall–Kier alpha value is -0.540. The van der Waals surface area contributed by atoms with E-state index in [-0.39, 0.29) is 18.1 Å². The fraction of sp³-hybridized carbons (Fsp3) is 0.818. The lowest BCUT2D eigenvalue weighted by molar-refractivity contribution is -0.0822. The van der Waals surface area contributed by atoms with Gasteiger partial charge in [0, 0.05) is 13.0 Å². The molecule has 1 heterocycles. The molecule has 0 spiro atoms. The van der Waals surface area contributed by atoms with Crippen LogP contribution in [0.2, 0.25) is 0 Å². The van der Waals surface area contributed by atoms with Gasteiger partial charge < -0.3 is 14.6 Å². The summed E-state index contributed by atoms with van der Waals surface area (Å²) in [6.07, 6.45) is 2.16. The van der Waals surface area contributed by atoms with Gasteiger partial charge in [0.25, 0.3) is 0 Å². The van der Waals surface area contributed by atoms with Crippen LogP contribution >= 0.6 is 0 Å². The van der Waals surface area contributed by atoms with E-state index >= 15 is 0 Å². The van der Waals surface area contributed by atoms with Gasteiger partial charge in [-0.15, -0.1) is 0 Å². The maximum atomic E-state index is 9.85. The van der Waals surface area contributed by atoms with E-state index in [4.69, 9.17) is 9.47 Å². The monoisotopic (exact) mass is 200 g/mol. The van der Waals surface area contributed by atoms with Gasteiger partial charge in [0.1, 0.15) is 6.10 Å². The standard InChI is InChI=1S/C11H20O3/c1-5-9(13-4)11-8(3)10(12)7(2)6-14-11/h6,8-12H,5H2,1-4H3. The van der Waals surface area contributed by atoms with Crippen LogP contribution in [0.4, 0.5) is 0 Å². The lowest BCUT2D eigenvalue weighted by atomic mass is 9.88. The molecular weight excluding hydrogens is 180 g/mol. The first kappa shape index (κ1) is 11.5. The molecule has 0 saturated carbocycles. The Morgan fingerprint density at radius 2 is 2.29 bits per heavy atom. The Balaban J connectivity index is 2.72. The maximum Gasteiger partial charge on any atom is 0.129 e. The van der Waals surface area contributed by atoms with E-state index in [1.807, 2.05) is 13.8 Å². The van der Waals surface area contributed by atoms with E-state index in [1.54, 1.807) is 13.4 Å². The summed E-state index contributed by atoms with van der Waals surface area (Å²) in [6, 6.07) is 0. The zero-order chi connectivity index (χ0) is 10.7. The van der Waals surface area contributed by atoms with Crippen molar-refractivity contribution >= 4 is 0 Å². The summed E-state index contributed by atoms with van der Waals surface area (Å²) in [4.78, 5) is 0. The van der Waals surface area contributed by atoms with Crippen LogP contribution < -0.4 is 0 Å². The molecule has 1 rings (SSSR count). The molecule has 0 aromatic carbocycles. The Kier molecular flexibility index (Phi) is 3.96. The molecule has 3 heteroatoms. The lowest BCUT2D eigenvalue weighted by Crippen LogP contribution is -2.43. The molecule has 0 bridgehead atoms. The molecule has 0 fully saturated rings. The molecular formula is C11H20O3. The normalized spacial score (nSPS) is 34.6. The zero-order valence-electron chi connectivity index (χ0n) is 9.36. The van der Waals surface area contributed by atoms with Gasteiger partial charge in [0.2, 0.25) is 0 Å². The van der Waals surface area contributed by atoms with Gasteiger partial charge in [-0.3, -0.25) is 0 Å². The zero-order valence-corrected chi connectivity index (χ0v) is 9.36. The maximum absolute atomic E-state index is 9.85. The number of aliphatic hydroxyl groups is 1. The average Bonchev–Trinajstić information content (AvgIpc) is 2.19. The van der Waals surface area contributed by atoms with E-state index < -0.39 is 6.10 Å². The fourth-order valence-corrected chi connectivity index (χ4v) is 1.93. The minimum absolute atomic E-state index is 0.0382. The summed E-state index contributed by atoms with van der Waals surface area (Å²) in [5, 5.41) is 9.85.